The number of aromatic amines is 2. The van der Waals surface area contributed by atoms with Crippen LogP contribution in [0.4, 0.5) is 0 Å². The summed E-state index contributed by atoms with van der Waals surface area (Å²) in [6, 6.07) is 14.7. The summed E-state index contributed by atoms with van der Waals surface area (Å²) in [4.78, 5) is 16.6. The van der Waals surface area contributed by atoms with Crippen LogP contribution in [0.3, 0.4) is 0 Å². The molecular weight excluding hydrogens is 448 g/mol. The van der Waals surface area contributed by atoms with Gasteiger partial charge in [0.1, 0.15) is 19.7 Å². The zero-order valence-corrected chi connectivity index (χ0v) is 21.4. The Hall–Kier alpha value is -3.00. The third-order valence-corrected chi connectivity index (χ3v) is 11.8. The number of hydrogen-bond acceptors (Lipinski definition) is 4. The molecule has 4 N–H and O–H groups in total. The molecule has 6 nitrogen and oxygen atoms in total. The molecular formula is C28H32N6Si. The van der Waals surface area contributed by atoms with Crippen molar-refractivity contribution < 1.29 is 0 Å². The molecule has 2 fully saturated rings. The highest BCUT2D eigenvalue weighted by Gasteiger charge is 2.38. The molecule has 3 aliphatic rings. The number of benzene rings is 2. The third-order valence-electron chi connectivity index (χ3n) is 8.27. The Balaban J connectivity index is 1.22. The van der Waals surface area contributed by atoms with Crippen molar-refractivity contribution in [2.45, 2.75) is 50.9 Å². The van der Waals surface area contributed by atoms with Gasteiger partial charge in [0.05, 0.1) is 35.9 Å². The molecule has 2 aromatic carbocycles. The van der Waals surface area contributed by atoms with Crippen LogP contribution >= 0.6 is 0 Å². The van der Waals surface area contributed by atoms with Crippen LogP contribution in [0.15, 0.2) is 48.8 Å². The summed E-state index contributed by atoms with van der Waals surface area (Å²) >= 11 is 0. The van der Waals surface area contributed by atoms with E-state index in [-0.39, 0.29) is 0 Å². The van der Waals surface area contributed by atoms with Crippen molar-refractivity contribution in [2.75, 3.05) is 13.1 Å². The SMILES string of the molecule is C[Si]1(C)c2cc(-c3cnc(C4CCCN4)[nH]3)ccc2-c2ccc(-c3cnc(C4CCCN4)[nH]3)cc21. The van der Waals surface area contributed by atoms with E-state index >= 15 is 0 Å². The number of H-pyrrole nitrogens is 2. The van der Waals surface area contributed by atoms with Gasteiger partial charge in [-0.2, -0.15) is 0 Å². The second-order valence-corrected chi connectivity index (χ2v) is 15.1. The van der Waals surface area contributed by atoms with Gasteiger partial charge in [-0.3, -0.25) is 0 Å². The molecule has 4 aromatic rings. The van der Waals surface area contributed by atoms with Crippen LogP contribution in [0, 0.1) is 0 Å². The highest BCUT2D eigenvalue weighted by molar-refractivity contribution is 7.03. The summed E-state index contributed by atoms with van der Waals surface area (Å²) in [6.45, 7) is 7.12. The Labute approximate surface area is 207 Å². The van der Waals surface area contributed by atoms with Crippen molar-refractivity contribution in [3.63, 3.8) is 0 Å². The van der Waals surface area contributed by atoms with E-state index in [4.69, 9.17) is 9.97 Å². The largest absolute Gasteiger partial charge is 0.341 e. The number of fused-ring (bicyclic) bond motifs is 3. The maximum absolute atomic E-state index is 4.70. The van der Waals surface area contributed by atoms with Gasteiger partial charge < -0.3 is 20.6 Å². The van der Waals surface area contributed by atoms with E-state index in [0.29, 0.717) is 12.1 Å². The zero-order chi connectivity index (χ0) is 23.6. The van der Waals surface area contributed by atoms with E-state index in [2.05, 4.69) is 70.1 Å². The lowest BCUT2D eigenvalue weighted by Crippen LogP contribution is -2.49. The molecule has 7 heteroatoms. The standard InChI is InChI=1S/C28H32N6Si/c1-35(2)25-13-17(23-15-31-27(33-23)21-5-3-11-29-21)7-9-19(25)20-10-8-18(14-26(20)35)24-16-32-28(34-24)22-6-4-12-30-22/h7-10,13-16,21-22,29-30H,3-6,11-12H2,1-2H3,(H,31,33)(H,32,34). The van der Waals surface area contributed by atoms with Crippen LogP contribution in [-0.2, 0) is 0 Å². The van der Waals surface area contributed by atoms with Gasteiger partial charge in [-0.25, -0.2) is 9.97 Å². The highest BCUT2D eigenvalue weighted by atomic mass is 28.3. The smallest absolute Gasteiger partial charge is 0.123 e. The average molecular weight is 481 g/mol. The molecule has 0 saturated carbocycles. The number of aromatic nitrogens is 4. The van der Waals surface area contributed by atoms with Crippen molar-refractivity contribution in [1.29, 1.82) is 0 Å². The number of nitrogens with one attached hydrogen (secondary N) is 4. The van der Waals surface area contributed by atoms with Gasteiger partial charge in [0.25, 0.3) is 0 Å². The van der Waals surface area contributed by atoms with E-state index in [1.165, 1.54) is 45.5 Å². The average Bonchev–Trinajstić information content (AvgIpc) is 3.70. The summed E-state index contributed by atoms with van der Waals surface area (Å²) in [7, 11) is -1.84. The minimum Gasteiger partial charge on any atom is -0.341 e. The number of imidazole rings is 2. The molecule has 0 bridgehead atoms. The Morgan fingerprint density at radius 2 is 1.20 bits per heavy atom. The molecule has 2 aromatic heterocycles. The van der Waals surface area contributed by atoms with Crippen molar-refractivity contribution in [3.8, 4) is 33.6 Å². The minimum absolute atomic E-state index is 0.360. The Kier molecular flexibility index (Phi) is 4.88. The van der Waals surface area contributed by atoms with Crippen molar-refractivity contribution in [2.24, 2.45) is 0 Å². The first-order valence-corrected chi connectivity index (χ1v) is 15.9. The number of nitrogens with zero attached hydrogens (tertiary/aromatic N) is 2. The number of rotatable bonds is 4. The minimum atomic E-state index is -1.84. The quantitative estimate of drug-likeness (QED) is 0.331. The molecule has 0 radical (unpaired) electrons. The molecule has 7 rings (SSSR count). The first-order valence-electron chi connectivity index (χ1n) is 12.9. The third kappa shape index (κ3) is 3.44. The van der Waals surface area contributed by atoms with Gasteiger partial charge in [0, 0.05) is 0 Å². The lowest BCUT2D eigenvalue weighted by molar-refractivity contribution is 0.613. The van der Waals surface area contributed by atoms with Crippen LogP contribution < -0.4 is 21.0 Å². The van der Waals surface area contributed by atoms with Gasteiger partial charge in [0.2, 0.25) is 0 Å². The fourth-order valence-corrected chi connectivity index (χ4v) is 9.33. The van der Waals surface area contributed by atoms with E-state index in [9.17, 15) is 0 Å². The molecule has 35 heavy (non-hydrogen) atoms. The van der Waals surface area contributed by atoms with E-state index in [1.807, 2.05) is 12.4 Å². The van der Waals surface area contributed by atoms with E-state index < -0.39 is 8.07 Å². The topological polar surface area (TPSA) is 81.4 Å². The van der Waals surface area contributed by atoms with Crippen molar-refractivity contribution in [3.05, 3.63) is 60.4 Å². The second-order valence-electron chi connectivity index (χ2n) is 10.8. The monoisotopic (exact) mass is 480 g/mol. The van der Waals surface area contributed by atoms with Crippen LogP contribution in [0.25, 0.3) is 33.6 Å². The van der Waals surface area contributed by atoms with Crippen molar-refractivity contribution in [1.82, 2.24) is 30.6 Å². The van der Waals surface area contributed by atoms with E-state index in [0.717, 1.165) is 49.0 Å². The van der Waals surface area contributed by atoms with E-state index in [1.54, 1.807) is 0 Å². The summed E-state index contributed by atoms with van der Waals surface area (Å²) in [5.41, 5.74) is 7.48. The van der Waals surface area contributed by atoms with Gasteiger partial charge in [-0.05, 0) is 71.4 Å². The van der Waals surface area contributed by atoms with Gasteiger partial charge in [0.15, 0.2) is 0 Å². The van der Waals surface area contributed by atoms with Crippen LogP contribution in [-0.4, -0.2) is 41.1 Å². The number of hydrogen-bond donors (Lipinski definition) is 4. The fourth-order valence-electron chi connectivity index (χ4n) is 6.23. The molecule has 0 aliphatic carbocycles. The van der Waals surface area contributed by atoms with Crippen LogP contribution in [0.1, 0.15) is 49.4 Å². The molecule has 0 amide bonds. The predicted octanol–water partition coefficient (Wildman–Crippen LogP) is 4.12. The molecule has 2 atom stereocenters. The maximum atomic E-state index is 4.70. The maximum Gasteiger partial charge on any atom is 0.123 e. The molecule has 3 aliphatic heterocycles. The lowest BCUT2D eigenvalue weighted by atomic mass is 10.0. The molecule has 5 heterocycles. The zero-order valence-electron chi connectivity index (χ0n) is 20.4. The molecule has 178 valence electrons. The first-order chi connectivity index (χ1) is 17.1. The summed E-state index contributed by atoms with van der Waals surface area (Å²) in [5, 5.41) is 10.1. The summed E-state index contributed by atoms with van der Waals surface area (Å²) in [6.07, 6.45) is 8.75. The van der Waals surface area contributed by atoms with Crippen LogP contribution in [0.5, 0.6) is 0 Å². The first kappa shape index (κ1) is 21.3. The Bertz CT molecular complexity index is 1300. The van der Waals surface area contributed by atoms with Gasteiger partial charge >= 0.3 is 0 Å². The van der Waals surface area contributed by atoms with Gasteiger partial charge in [-0.1, -0.05) is 49.5 Å². The van der Waals surface area contributed by atoms with Crippen LogP contribution in [0.2, 0.25) is 13.1 Å². The van der Waals surface area contributed by atoms with Crippen molar-refractivity contribution >= 4 is 18.4 Å². The second kappa shape index (κ2) is 8.01. The van der Waals surface area contributed by atoms with Gasteiger partial charge in [-0.15, -0.1) is 0 Å². The molecule has 2 saturated heterocycles. The summed E-state index contributed by atoms with van der Waals surface area (Å²) < 4.78 is 0. The normalized spacial score (nSPS) is 22.5. The highest BCUT2D eigenvalue weighted by Crippen LogP contribution is 2.33. The molecule has 2 unspecified atom stereocenters. The fraction of sp³-hybridized carbons (Fsp3) is 0.357. The lowest BCUT2D eigenvalue weighted by Gasteiger charge is -2.20. The Morgan fingerprint density at radius 3 is 1.63 bits per heavy atom. The molecule has 0 spiro atoms. The Morgan fingerprint density at radius 1 is 0.714 bits per heavy atom. The predicted molar refractivity (Wildman–Crippen MR) is 144 cm³/mol. The summed E-state index contributed by atoms with van der Waals surface area (Å²) in [5.74, 6) is 2.13.